The van der Waals surface area contributed by atoms with Crippen LogP contribution in [0.1, 0.15) is 28.7 Å². The SMILES string of the molecule is COC(=O)C(CC(=[NH2+])c1ccc(/C=N/N=C2\SCC(=O)N2c2c(C)cccc2C)cc1)Nc1ccc(OC(F)(F)F)cc1. The predicted octanol–water partition coefficient (Wildman–Crippen LogP) is 4.26. The van der Waals surface area contributed by atoms with E-state index in [0.29, 0.717) is 22.1 Å². The van der Waals surface area contributed by atoms with Gasteiger partial charge in [-0.2, -0.15) is 5.10 Å². The number of para-hydroxylation sites is 1. The van der Waals surface area contributed by atoms with Crippen molar-refractivity contribution in [3.63, 3.8) is 0 Å². The fraction of sp³-hybridized carbons (Fsp3) is 0.233. The summed E-state index contributed by atoms with van der Waals surface area (Å²) in [5, 5.41) is 18.2. The van der Waals surface area contributed by atoms with Crippen LogP contribution < -0.4 is 20.4 Å². The highest BCUT2D eigenvalue weighted by atomic mass is 32.2. The highest BCUT2D eigenvalue weighted by Crippen LogP contribution is 2.32. The van der Waals surface area contributed by atoms with Crippen molar-refractivity contribution in [1.29, 1.82) is 0 Å². The van der Waals surface area contributed by atoms with Crippen LogP contribution in [0.5, 0.6) is 5.75 Å². The molecular weight excluding hydrogens is 583 g/mol. The Balaban J connectivity index is 1.41. The lowest BCUT2D eigenvalue weighted by Crippen LogP contribution is -2.45. The number of hydrogen-bond donors (Lipinski definition) is 2. The van der Waals surface area contributed by atoms with Crippen LogP contribution in [0.3, 0.4) is 0 Å². The molecule has 0 aromatic heterocycles. The largest absolute Gasteiger partial charge is 0.573 e. The van der Waals surface area contributed by atoms with E-state index in [9.17, 15) is 22.8 Å². The summed E-state index contributed by atoms with van der Waals surface area (Å²) < 4.78 is 46.0. The lowest BCUT2D eigenvalue weighted by molar-refractivity contribution is -0.274. The van der Waals surface area contributed by atoms with Crippen molar-refractivity contribution in [3.05, 3.63) is 89.0 Å². The van der Waals surface area contributed by atoms with Gasteiger partial charge in [-0.3, -0.25) is 15.1 Å². The Morgan fingerprint density at radius 3 is 2.35 bits per heavy atom. The number of alkyl halides is 3. The maximum atomic E-state index is 12.6. The highest BCUT2D eigenvalue weighted by molar-refractivity contribution is 8.15. The molecule has 0 radical (unpaired) electrons. The van der Waals surface area contributed by atoms with Crippen molar-refractivity contribution >= 4 is 52.1 Å². The molecule has 1 heterocycles. The lowest BCUT2D eigenvalue weighted by atomic mass is 10.0. The number of carbonyl (C=O) groups excluding carboxylic acids is 2. The van der Waals surface area contributed by atoms with Gasteiger partial charge in [-0.1, -0.05) is 42.1 Å². The van der Waals surface area contributed by atoms with Gasteiger partial charge >= 0.3 is 12.3 Å². The molecule has 1 amide bonds. The van der Waals surface area contributed by atoms with Crippen molar-refractivity contribution in [2.24, 2.45) is 10.2 Å². The Kier molecular flexibility index (Phi) is 9.86. The minimum absolute atomic E-state index is 0.0565. The molecule has 13 heteroatoms. The maximum absolute atomic E-state index is 12.6. The molecule has 0 bridgehead atoms. The first-order valence-electron chi connectivity index (χ1n) is 13.0. The van der Waals surface area contributed by atoms with Gasteiger partial charge in [0.25, 0.3) is 0 Å². The van der Waals surface area contributed by atoms with Crippen molar-refractivity contribution in [3.8, 4) is 5.75 Å². The summed E-state index contributed by atoms with van der Waals surface area (Å²) >= 11 is 1.32. The molecule has 1 saturated heterocycles. The van der Waals surface area contributed by atoms with E-state index in [2.05, 4.69) is 20.3 Å². The van der Waals surface area contributed by atoms with Gasteiger partial charge in [0.2, 0.25) is 5.91 Å². The van der Waals surface area contributed by atoms with E-state index in [1.54, 1.807) is 35.4 Å². The maximum Gasteiger partial charge on any atom is 0.573 e. The van der Waals surface area contributed by atoms with Gasteiger partial charge < -0.3 is 14.8 Å². The number of benzene rings is 3. The number of amidine groups is 1. The predicted molar refractivity (Wildman–Crippen MR) is 161 cm³/mol. The van der Waals surface area contributed by atoms with E-state index in [0.717, 1.165) is 34.5 Å². The van der Waals surface area contributed by atoms with Crippen LogP contribution in [-0.2, 0) is 14.3 Å². The number of anilines is 2. The number of esters is 1. The minimum Gasteiger partial charge on any atom is -0.467 e. The van der Waals surface area contributed by atoms with E-state index in [4.69, 9.17) is 10.1 Å². The number of carbonyl (C=O) groups is 2. The molecule has 1 aliphatic heterocycles. The molecule has 0 saturated carbocycles. The zero-order chi connectivity index (χ0) is 31.1. The normalized spacial score (nSPS) is 15.2. The van der Waals surface area contributed by atoms with Gasteiger partial charge in [0.1, 0.15) is 11.8 Å². The standard InChI is InChI=1S/C30H28F3N5O4S/c1-18-5-4-6-19(2)27(18)38-26(39)17-43-29(38)37-35-16-20-7-9-21(10-8-20)24(34)15-25(28(40)41-3)36-22-11-13-23(14-12-22)42-30(31,32)33/h4-14,16,25,34,36H,15,17H2,1-3H3/p+1/b34-24?,35-16+,37-29-. The first-order chi connectivity index (χ1) is 20.4. The Hall–Kier alpha value is -4.65. The summed E-state index contributed by atoms with van der Waals surface area (Å²) in [6, 6.07) is 17.0. The van der Waals surface area contributed by atoms with Crippen LogP contribution in [0.15, 0.2) is 76.9 Å². The van der Waals surface area contributed by atoms with Crippen LogP contribution >= 0.6 is 11.8 Å². The summed E-state index contributed by atoms with van der Waals surface area (Å²) in [4.78, 5) is 26.6. The molecular formula is C30H29F3N5O4S+. The van der Waals surface area contributed by atoms with Gasteiger partial charge in [-0.25, -0.2) is 4.79 Å². The number of rotatable bonds is 10. The molecule has 0 spiro atoms. The van der Waals surface area contributed by atoms with E-state index >= 15 is 0 Å². The fourth-order valence-corrected chi connectivity index (χ4v) is 5.18. The molecule has 1 atom stereocenters. The van der Waals surface area contributed by atoms with Gasteiger partial charge in [0, 0.05) is 11.3 Å². The van der Waals surface area contributed by atoms with Crippen molar-refractivity contribution in [2.45, 2.75) is 32.7 Å². The van der Waals surface area contributed by atoms with Crippen molar-refractivity contribution in [2.75, 3.05) is 23.1 Å². The van der Waals surface area contributed by atoms with E-state index in [1.807, 2.05) is 32.0 Å². The van der Waals surface area contributed by atoms with Crippen LogP contribution in [0.25, 0.3) is 0 Å². The van der Waals surface area contributed by atoms with Crippen LogP contribution in [0.2, 0.25) is 0 Å². The number of aryl methyl sites for hydroxylation is 2. The molecule has 3 N–H and O–H groups in total. The lowest BCUT2D eigenvalue weighted by Gasteiger charge is -2.20. The third-order valence-corrected chi connectivity index (χ3v) is 7.31. The fourth-order valence-electron chi connectivity index (χ4n) is 4.37. The summed E-state index contributed by atoms with van der Waals surface area (Å²) in [7, 11) is 1.23. The van der Waals surface area contributed by atoms with Gasteiger partial charge in [-0.05, 0) is 66.9 Å². The number of nitrogens with one attached hydrogen (secondary N) is 1. The number of hydrogen-bond acceptors (Lipinski definition) is 8. The van der Waals surface area contributed by atoms with Crippen molar-refractivity contribution < 1.29 is 37.6 Å². The van der Waals surface area contributed by atoms with E-state index < -0.39 is 18.4 Å². The number of nitrogens with zero attached hydrogens (tertiary/aromatic N) is 3. The number of halogens is 3. The molecule has 4 rings (SSSR count). The minimum atomic E-state index is -4.81. The second kappa shape index (κ2) is 13.6. The zero-order valence-electron chi connectivity index (χ0n) is 23.5. The number of nitrogens with two attached hydrogens (primary N) is 1. The molecule has 1 fully saturated rings. The Morgan fingerprint density at radius 2 is 1.74 bits per heavy atom. The number of amides is 1. The average Bonchev–Trinajstić information content (AvgIpc) is 3.32. The quantitative estimate of drug-likeness (QED) is 0.201. The summed E-state index contributed by atoms with van der Waals surface area (Å²) in [5.41, 5.74) is 4.90. The number of methoxy groups -OCH3 is 1. The smallest absolute Gasteiger partial charge is 0.467 e. The summed E-state index contributed by atoms with van der Waals surface area (Å²) in [5.74, 6) is -0.757. The highest BCUT2D eigenvalue weighted by Gasteiger charge is 2.32. The van der Waals surface area contributed by atoms with Gasteiger partial charge in [0.15, 0.2) is 10.9 Å². The monoisotopic (exact) mass is 612 g/mol. The second-order valence-electron chi connectivity index (χ2n) is 9.53. The molecule has 3 aromatic rings. The van der Waals surface area contributed by atoms with Gasteiger partial charge in [-0.15, -0.1) is 18.3 Å². The van der Waals surface area contributed by atoms with Crippen LogP contribution in [0.4, 0.5) is 24.5 Å². The topological polar surface area (TPSA) is 118 Å². The molecule has 9 nitrogen and oxygen atoms in total. The van der Waals surface area contributed by atoms with Crippen LogP contribution in [0, 0.1) is 13.8 Å². The third-order valence-electron chi connectivity index (χ3n) is 6.40. The second-order valence-corrected chi connectivity index (χ2v) is 10.5. The summed E-state index contributed by atoms with van der Waals surface area (Å²) in [6.45, 7) is 3.89. The molecule has 0 aliphatic carbocycles. The van der Waals surface area contributed by atoms with Crippen molar-refractivity contribution in [1.82, 2.24) is 0 Å². The number of ether oxygens (including phenoxy) is 2. The average molecular weight is 613 g/mol. The Labute approximate surface area is 250 Å². The molecule has 3 aromatic carbocycles. The molecule has 43 heavy (non-hydrogen) atoms. The zero-order valence-corrected chi connectivity index (χ0v) is 24.3. The molecule has 1 unspecified atom stereocenters. The summed E-state index contributed by atoms with van der Waals surface area (Å²) in [6.07, 6.45) is -3.18. The Bertz CT molecular complexity index is 1540. The first kappa shape index (κ1) is 31.3. The Morgan fingerprint density at radius 1 is 1.09 bits per heavy atom. The third kappa shape index (κ3) is 8.22. The molecule has 224 valence electrons. The van der Waals surface area contributed by atoms with E-state index in [1.165, 1.54) is 31.0 Å². The molecule has 1 aliphatic rings. The van der Waals surface area contributed by atoms with Gasteiger partial charge in [0.05, 0.1) is 31.2 Å². The van der Waals surface area contributed by atoms with E-state index in [-0.39, 0.29) is 23.8 Å². The first-order valence-corrected chi connectivity index (χ1v) is 14.0. The van der Waals surface area contributed by atoms with Crippen LogP contribution in [-0.4, -0.2) is 54.2 Å². The number of thioether (sulfide) groups is 1.